The van der Waals surface area contributed by atoms with Gasteiger partial charge in [0.25, 0.3) is 6.01 Å². The van der Waals surface area contributed by atoms with E-state index in [9.17, 15) is 0 Å². The molecule has 0 spiro atoms. The van der Waals surface area contributed by atoms with Crippen LogP contribution in [0, 0.1) is 0 Å². The molecule has 6 nitrogen and oxygen atoms in total. The van der Waals surface area contributed by atoms with Crippen LogP contribution in [0.2, 0.25) is 0 Å². The fourth-order valence-corrected chi connectivity index (χ4v) is 1.57. The molecule has 1 saturated heterocycles. The first-order valence-corrected chi connectivity index (χ1v) is 4.83. The standard InChI is InChI=1S/C9H10N4O2/c1-3-14-4-2-13(1)9-12-8-7(15-9)5-10-6-11-8/h5-6H,1-4H2. The maximum absolute atomic E-state index is 5.54. The topological polar surface area (TPSA) is 64.3 Å². The number of rotatable bonds is 1. The Labute approximate surface area is 85.9 Å². The average Bonchev–Trinajstić information content (AvgIpc) is 2.74. The van der Waals surface area contributed by atoms with E-state index in [1.807, 2.05) is 4.90 Å². The highest BCUT2D eigenvalue weighted by Gasteiger charge is 2.17. The molecular formula is C9H10N4O2. The number of aromatic nitrogens is 3. The second kappa shape index (κ2) is 3.47. The largest absolute Gasteiger partial charge is 0.420 e. The van der Waals surface area contributed by atoms with Crippen molar-refractivity contribution in [2.24, 2.45) is 0 Å². The molecule has 78 valence electrons. The van der Waals surface area contributed by atoms with Gasteiger partial charge in [-0.15, -0.1) is 0 Å². The Morgan fingerprint density at radius 2 is 2.13 bits per heavy atom. The van der Waals surface area contributed by atoms with E-state index in [1.54, 1.807) is 6.20 Å². The number of hydrogen-bond acceptors (Lipinski definition) is 6. The van der Waals surface area contributed by atoms with Gasteiger partial charge in [0.2, 0.25) is 5.65 Å². The summed E-state index contributed by atoms with van der Waals surface area (Å²) in [6, 6.07) is 0.605. The minimum absolute atomic E-state index is 0.603. The first-order chi connectivity index (χ1) is 7.43. The molecule has 2 aromatic rings. The van der Waals surface area contributed by atoms with Gasteiger partial charge in [-0.05, 0) is 0 Å². The molecule has 0 atom stereocenters. The van der Waals surface area contributed by atoms with Crippen LogP contribution in [0.4, 0.5) is 6.01 Å². The Kier molecular flexibility index (Phi) is 1.99. The lowest BCUT2D eigenvalue weighted by molar-refractivity contribution is 0.120. The Morgan fingerprint density at radius 1 is 1.27 bits per heavy atom. The summed E-state index contributed by atoms with van der Waals surface area (Å²) in [6.07, 6.45) is 3.09. The van der Waals surface area contributed by atoms with Gasteiger partial charge in [0.05, 0.1) is 19.4 Å². The van der Waals surface area contributed by atoms with Crippen molar-refractivity contribution in [1.82, 2.24) is 15.0 Å². The van der Waals surface area contributed by atoms with E-state index in [2.05, 4.69) is 15.0 Å². The number of hydrogen-bond donors (Lipinski definition) is 0. The van der Waals surface area contributed by atoms with Crippen molar-refractivity contribution in [3.8, 4) is 0 Å². The van der Waals surface area contributed by atoms with Crippen molar-refractivity contribution in [2.45, 2.75) is 0 Å². The van der Waals surface area contributed by atoms with Crippen LogP contribution in [0.15, 0.2) is 16.9 Å². The predicted molar refractivity (Wildman–Crippen MR) is 52.6 cm³/mol. The predicted octanol–water partition coefficient (Wildman–Crippen LogP) is 0.454. The fraction of sp³-hybridized carbons (Fsp3) is 0.444. The second-order valence-corrected chi connectivity index (χ2v) is 3.31. The molecule has 0 radical (unpaired) electrons. The lowest BCUT2D eigenvalue weighted by Crippen LogP contribution is -2.36. The van der Waals surface area contributed by atoms with Gasteiger partial charge >= 0.3 is 0 Å². The molecule has 1 fully saturated rings. The normalized spacial score (nSPS) is 17.2. The second-order valence-electron chi connectivity index (χ2n) is 3.31. The number of nitrogens with zero attached hydrogens (tertiary/aromatic N) is 4. The fourth-order valence-electron chi connectivity index (χ4n) is 1.57. The number of morpholine rings is 1. The highest BCUT2D eigenvalue weighted by molar-refractivity contribution is 5.68. The summed E-state index contributed by atoms with van der Waals surface area (Å²) in [5.74, 6) is 0. The summed E-state index contributed by atoms with van der Waals surface area (Å²) in [5.41, 5.74) is 1.23. The summed E-state index contributed by atoms with van der Waals surface area (Å²) in [5, 5.41) is 0. The van der Waals surface area contributed by atoms with E-state index < -0.39 is 0 Å². The summed E-state index contributed by atoms with van der Waals surface area (Å²) < 4.78 is 10.8. The zero-order valence-corrected chi connectivity index (χ0v) is 8.09. The minimum atomic E-state index is 0.603. The molecule has 3 rings (SSSR count). The first kappa shape index (κ1) is 8.60. The molecule has 15 heavy (non-hydrogen) atoms. The van der Waals surface area contributed by atoms with E-state index in [1.165, 1.54) is 6.33 Å². The van der Waals surface area contributed by atoms with Crippen LogP contribution in [0.25, 0.3) is 11.2 Å². The average molecular weight is 206 g/mol. The molecule has 6 heteroatoms. The SMILES string of the molecule is c1ncc2oc(N3CCOCC3)nc2n1. The summed E-state index contributed by atoms with van der Waals surface area (Å²) in [4.78, 5) is 14.2. The lowest BCUT2D eigenvalue weighted by atomic mass is 10.4. The molecule has 0 saturated carbocycles. The van der Waals surface area contributed by atoms with Crippen LogP contribution < -0.4 is 4.90 Å². The van der Waals surface area contributed by atoms with Gasteiger partial charge in [0, 0.05) is 13.1 Å². The Morgan fingerprint density at radius 3 is 2.93 bits per heavy atom. The monoisotopic (exact) mass is 206 g/mol. The third-order valence-corrected chi connectivity index (χ3v) is 2.34. The van der Waals surface area contributed by atoms with Gasteiger partial charge in [-0.3, -0.25) is 0 Å². The van der Waals surface area contributed by atoms with E-state index in [0.717, 1.165) is 13.1 Å². The van der Waals surface area contributed by atoms with Crippen LogP contribution in [0.1, 0.15) is 0 Å². The number of fused-ring (bicyclic) bond motifs is 1. The van der Waals surface area contributed by atoms with E-state index in [4.69, 9.17) is 9.15 Å². The lowest BCUT2D eigenvalue weighted by Gasteiger charge is -2.24. The van der Waals surface area contributed by atoms with Gasteiger partial charge in [-0.1, -0.05) is 0 Å². The third-order valence-electron chi connectivity index (χ3n) is 2.34. The molecule has 0 bridgehead atoms. The van der Waals surface area contributed by atoms with Crippen molar-refractivity contribution in [3.05, 3.63) is 12.5 Å². The summed E-state index contributed by atoms with van der Waals surface area (Å²) in [6.45, 7) is 3.04. The van der Waals surface area contributed by atoms with Crippen LogP contribution >= 0.6 is 0 Å². The maximum Gasteiger partial charge on any atom is 0.300 e. The highest BCUT2D eigenvalue weighted by Crippen LogP contribution is 2.19. The van der Waals surface area contributed by atoms with Gasteiger partial charge < -0.3 is 14.1 Å². The van der Waals surface area contributed by atoms with Crippen molar-refractivity contribution in [2.75, 3.05) is 31.2 Å². The van der Waals surface area contributed by atoms with Crippen molar-refractivity contribution < 1.29 is 9.15 Å². The number of anilines is 1. The molecule has 3 heterocycles. The zero-order valence-electron chi connectivity index (χ0n) is 8.09. The zero-order chi connectivity index (χ0) is 10.1. The van der Waals surface area contributed by atoms with Crippen LogP contribution in [-0.4, -0.2) is 41.3 Å². The van der Waals surface area contributed by atoms with Gasteiger partial charge in [-0.2, -0.15) is 4.98 Å². The van der Waals surface area contributed by atoms with Gasteiger partial charge in [-0.25, -0.2) is 9.97 Å². The maximum atomic E-state index is 5.54. The van der Waals surface area contributed by atoms with Crippen LogP contribution in [-0.2, 0) is 4.74 Å². The molecule has 0 aromatic carbocycles. The first-order valence-electron chi connectivity index (χ1n) is 4.83. The Bertz CT molecular complexity index is 431. The van der Waals surface area contributed by atoms with Crippen LogP contribution in [0.5, 0.6) is 0 Å². The Balaban J connectivity index is 1.96. The molecular weight excluding hydrogens is 196 g/mol. The number of ether oxygens (including phenoxy) is 1. The summed E-state index contributed by atoms with van der Waals surface area (Å²) >= 11 is 0. The quantitative estimate of drug-likeness (QED) is 0.675. The molecule has 1 aliphatic heterocycles. The summed E-state index contributed by atoms with van der Waals surface area (Å²) in [7, 11) is 0. The van der Waals surface area contributed by atoms with E-state index in [0.29, 0.717) is 30.5 Å². The van der Waals surface area contributed by atoms with Crippen LogP contribution in [0.3, 0.4) is 0 Å². The van der Waals surface area contributed by atoms with Crippen molar-refractivity contribution in [1.29, 1.82) is 0 Å². The van der Waals surface area contributed by atoms with E-state index >= 15 is 0 Å². The van der Waals surface area contributed by atoms with E-state index in [-0.39, 0.29) is 0 Å². The number of oxazole rings is 1. The highest BCUT2D eigenvalue weighted by atomic mass is 16.5. The van der Waals surface area contributed by atoms with Gasteiger partial charge in [0.1, 0.15) is 6.33 Å². The minimum Gasteiger partial charge on any atom is -0.420 e. The Hall–Kier alpha value is -1.69. The molecule has 0 unspecified atom stereocenters. The van der Waals surface area contributed by atoms with Crippen molar-refractivity contribution in [3.63, 3.8) is 0 Å². The molecule has 0 amide bonds. The molecule has 2 aromatic heterocycles. The van der Waals surface area contributed by atoms with Crippen molar-refractivity contribution >= 4 is 17.2 Å². The molecule has 0 N–H and O–H groups in total. The third kappa shape index (κ3) is 1.52. The molecule has 1 aliphatic rings. The van der Waals surface area contributed by atoms with Gasteiger partial charge in [0.15, 0.2) is 5.58 Å². The molecule has 0 aliphatic carbocycles. The smallest absolute Gasteiger partial charge is 0.300 e.